The molecule has 12 nitrogen and oxygen atoms in total. The lowest BCUT2D eigenvalue weighted by atomic mass is 9.31. The molecule has 59 heavy (non-hydrogen) atoms. The fraction of sp³-hybridized carbons (Fsp3) is 0.872. The monoisotopic (exact) mass is 831 g/mol. The van der Waals surface area contributed by atoms with Crippen LogP contribution in [0, 0.1) is 62.6 Å². The zero-order valence-electron chi connectivity index (χ0n) is 38.2. The third kappa shape index (κ3) is 8.94. The first-order chi connectivity index (χ1) is 27.3. The van der Waals surface area contributed by atoms with Crippen LogP contribution >= 0.6 is 0 Å². The Kier molecular flexibility index (Phi) is 13.7. The topological polar surface area (TPSA) is 158 Å². The van der Waals surface area contributed by atoms with E-state index in [0.717, 1.165) is 57.8 Å². The maximum absolute atomic E-state index is 13.0. The van der Waals surface area contributed by atoms with Gasteiger partial charge in [0.2, 0.25) is 0 Å². The number of ether oxygens (including phenoxy) is 6. The van der Waals surface area contributed by atoms with E-state index in [1.54, 1.807) is 6.92 Å². The molecule has 0 heterocycles. The quantitative estimate of drug-likeness (QED) is 0.129. The summed E-state index contributed by atoms with van der Waals surface area (Å²) in [5.74, 6) is -1.47. The fourth-order valence-corrected chi connectivity index (χ4v) is 15.2. The van der Waals surface area contributed by atoms with E-state index >= 15 is 0 Å². The van der Waals surface area contributed by atoms with Crippen molar-refractivity contribution in [1.82, 2.24) is 0 Å². The predicted octanol–water partition coefficient (Wildman–Crippen LogP) is 8.34. The van der Waals surface area contributed by atoms with Crippen LogP contribution in [0.5, 0.6) is 0 Å². The van der Waals surface area contributed by atoms with Crippen LogP contribution in [0.4, 0.5) is 0 Å². The molecule has 334 valence electrons. The summed E-state index contributed by atoms with van der Waals surface area (Å²) in [4.78, 5) is 74.6. The van der Waals surface area contributed by atoms with Gasteiger partial charge in [0.1, 0.15) is 24.9 Å². The highest BCUT2D eigenvalue weighted by Gasteiger charge is 2.75. The maximum atomic E-state index is 13.0. The Morgan fingerprint density at radius 2 is 1.19 bits per heavy atom. The van der Waals surface area contributed by atoms with Gasteiger partial charge in [0.25, 0.3) is 0 Å². The van der Waals surface area contributed by atoms with Crippen LogP contribution in [0.25, 0.3) is 0 Å². The van der Waals surface area contributed by atoms with Crippen LogP contribution in [-0.4, -0.2) is 72.9 Å². The van der Waals surface area contributed by atoms with Gasteiger partial charge in [0.05, 0.1) is 0 Å². The molecule has 0 aromatic rings. The summed E-state index contributed by atoms with van der Waals surface area (Å²) in [6, 6.07) is 0. The van der Waals surface area contributed by atoms with Gasteiger partial charge in [-0.25, -0.2) is 0 Å². The van der Waals surface area contributed by atoms with Crippen molar-refractivity contribution < 1.29 is 57.2 Å². The number of fused-ring (bicyclic) bond motifs is 7. The summed E-state index contributed by atoms with van der Waals surface area (Å²) in [5, 5.41) is 0. The van der Waals surface area contributed by atoms with Gasteiger partial charge in [-0.3, -0.25) is 28.8 Å². The van der Waals surface area contributed by atoms with Gasteiger partial charge in [0, 0.05) is 53.4 Å². The van der Waals surface area contributed by atoms with Crippen LogP contribution in [0.3, 0.4) is 0 Å². The molecule has 0 aromatic carbocycles. The average Bonchev–Trinajstić information content (AvgIpc) is 3.43. The summed E-state index contributed by atoms with van der Waals surface area (Å²) in [6.45, 7) is 24.4. The third-order valence-electron chi connectivity index (χ3n) is 16.9. The Hall–Kier alpha value is -3.18. The number of hydrogen-bond acceptors (Lipinski definition) is 12. The van der Waals surface area contributed by atoms with Gasteiger partial charge in [-0.15, -0.1) is 0 Å². The van der Waals surface area contributed by atoms with Gasteiger partial charge in [0.15, 0.2) is 12.2 Å². The van der Waals surface area contributed by atoms with Crippen LogP contribution in [-0.2, 0) is 57.2 Å². The Bertz CT molecular complexity index is 1620. The molecule has 15 atom stereocenters. The molecule has 0 aromatic heterocycles. The number of carbonyl (C=O) groups is 6. The molecule has 0 amide bonds. The van der Waals surface area contributed by atoms with E-state index < -0.39 is 42.2 Å². The molecular formula is C47H74O12. The molecule has 0 unspecified atom stereocenters. The number of carbonyl (C=O) groups excluding carboxylic acids is 6. The zero-order chi connectivity index (χ0) is 44.0. The molecule has 0 radical (unpaired) electrons. The van der Waals surface area contributed by atoms with E-state index in [9.17, 15) is 28.8 Å². The van der Waals surface area contributed by atoms with Crippen molar-refractivity contribution in [3.05, 3.63) is 0 Å². The lowest BCUT2D eigenvalue weighted by molar-refractivity contribution is -0.297. The fourth-order valence-electron chi connectivity index (χ4n) is 15.2. The van der Waals surface area contributed by atoms with Crippen molar-refractivity contribution >= 4 is 35.8 Å². The molecule has 0 aliphatic heterocycles. The van der Waals surface area contributed by atoms with E-state index in [1.807, 2.05) is 0 Å². The first kappa shape index (κ1) is 46.9. The first-order valence-electron chi connectivity index (χ1n) is 22.3. The van der Waals surface area contributed by atoms with Crippen molar-refractivity contribution in [3.63, 3.8) is 0 Å². The second kappa shape index (κ2) is 17.3. The second-order valence-corrected chi connectivity index (χ2v) is 21.0. The van der Waals surface area contributed by atoms with Gasteiger partial charge >= 0.3 is 35.8 Å². The molecule has 0 bridgehead atoms. The Balaban J connectivity index is 1.45. The smallest absolute Gasteiger partial charge is 0.303 e. The SMILES string of the molecule is CC(=O)OC[C@H](OC(C)=O)[C@H](OC(C)=O)[C@@H](CC[C@@H](C)[C@H]1CC[C@]2(C)[C@H]3C[C@@H](OC(C)=O)[C@@H]4[C@@]5(C)CCCC(C)(C)[C@@H]5[C@@H](OC(C)=O)C[C@@]4(C)[C@]3(C)CC[C@@H]12)OC(C)=O. The molecule has 0 spiro atoms. The van der Waals surface area contributed by atoms with Crippen molar-refractivity contribution in [2.24, 2.45) is 62.6 Å². The van der Waals surface area contributed by atoms with Crippen LogP contribution in [0.15, 0.2) is 0 Å². The van der Waals surface area contributed by atoms with Gasteiger partial charge in [-0.2, -0.15) is 0 Å². The maximum Gasteiger partial charge on any atom is 0.303 e. The molecule has 12 heteroatoms. The minimum absolute atomic E-state index is 0.0399. The van der Waals surface area contributed by atoms with Crippen LogP contribution < -0.4 is 0 Å². The Morgan fingerprint density at radius 3 is 1.76 bits per heavy atom. The number of esters is 6. The predicted molar refractivity (Wildman–Crippen MR) is 218 cm³/mol. The highest BCUT2D eigenvalue weighted by atomic mass is 16.6. The Labute approximate surface area is 352 Å². The van der Waals surface area contributed by atoms with Gasteiger partial charge in [-0.1, -0.05) is 54.9 Å². The number of hydrogen-bond donors (Lipinski definition) is 0. The van der Waals surface area contributed by atoms with Crippen molar-refractivity contribution in [1.29, 1.82) is 0 Å². The van der Waals surface area contributed by atoms with Crippen molar-refractivity contribution in [3.8, 4) is 0 Å². The molecule has 0 N–H and O–H groups in total. The van der Waals surface area contributed by atoms with Crippen molar-refractivity contribution in [2.45, 2.75) is 191 Å². The lowest BCUT2D eigenvalue weighted by Gasteiger charge is -2.74. The highest BCUT2D eigenvalue weighted by molar-refractivity contribution is 5.69. The molecule has 5 rings (SSSR count). The van der Waals surface area contributed by atoms with Gasteiger partial charge < -0.3 is 28.4 Å². The zero-order valence-corrected chi connectivity index (χ0v) is 38.2. The summed E-state index contributed by atoms with van der Waals surface area (Å²) in [5.41, 5.74) is -0.639. The molecule has 5 aliphatic carbocycles. The van der Waals surface area contributed by atoms with E-state index in [1.165, 1.54) is 34.6 Å². The van der Waals surface area contributed by atoms with Crippen molar-refractivity contribution in [2.75, 3.05) is 6.61 Å². The van der Waals surface area contributed by atoms with Crippen LogP contribution in [0.2, 0.25) is 0 Å². The lowest BCUT2D eigenvalue weighted by Crippen LogP contribution is -2.72. The van der Waals surface area contributed by atoms with E-state index in [-0.39, 0.29) is 81.5 Å². The third-order valence-corrected chi connectivity index (χ3v) is 16.9. The summed E-state index contributed by atoms with van der Waals surface area (Å²) in [6.07, 6.45) is 6.02. The average molecular weight is 831 g/mol. The highest BCUT2D eigenvalue weighted by Crippen LogP contribution is 2.78. The van der Waals surface area contributed by atoms with Gasteiger partial charge in [-0.05, 0) is 115 Å². The summed E-state index contributed by atoms with van der Waals surface area (Å²) >= 11 is 0. The largest absolute Gasteiger partial charge is 0.462 e. The van der Waals surface area contributed by atoms with E-state index in [0.29, 0.717) is 24.7 Å². The minimum Gasteiger partial charge on any atom is -0.462 e. The standard InChI is InChI=1S/C47H74O12/c1-26(15-16-35(55-28(3)49)40(59-32(7)53)38(58-31(6)52)25-54-27(2)48)33-17-21-44(10)34(33)18-22-46(12)39(44)23-36(56-29(4)50)42-45(11)20-14-19-43(8,9)41(45)37(57-30(5)51)24-47(42,46)13/h26,33-42H,14-25H2,1-13H3/t26-,33-,34+,35-,36-,37+,38+,39-,40-,41+,42-,44+,45+,46-,47-/m1/s1. The summed E-state index contributed by atoms with van der Waals surface area (Å²) in [7, 11) is 0. The normalized spacial score (nSPS) is 38.9. The Morgan fingerprint density at radius 1 is 0.593 bits per heavy atom. The van der Waals surface area contributed by atoms with E-state index in [2.05, 4.69) is 48.5 Å². The first-order valence-corrected chi connectivity index (χ1v) is 22.3. The number of rotatable bonds is 13. The summed E-state index contributed by atoms with van der Waals surface area (Å²) < 4.78 is 35.0. The minimum atomic E-state index is -1.19. The van der Waals surface area contributed by atoms with Crippen LogP contribution in [0.1, 0.15) is 161 Å². The second-order valence-electron chi connectivity index (χ2n) is 21.0. The molecule has 5 aliphatic rings. The van der Waals surface area contributed by atoms with E-state index in [4.69, 9.17) is 28.4 Å². The molecule has 0 saturated heterocycles. The molecular weight excluding hydrogens is 757 g/mol. The molecule has 5 fully saturated rings. The molecule has 5 saturated carbocycles.